The number of carbonyl (C=O) groups excluding carboxylic acids is 1. The average Bonchev–Trinajstić information content (AvgIpc) is 3.19. The van der Waals surface area contributed by atoms with Crippen LogP contribution in [0.4, 0.5) is 0 Å². The van der Waals surface area contributed by atoms with Gasteiger partial charge in [-0.25, -0.2) is 9.36 Å². The number of para-hydroxylation sites is 1. The maximum atomic E-state index is 13.1. The number of fused-ring (bicyclic) bond motifs is 1. The van der Waals surface area contributed by atoms with Gasteiger partial charge in [0.1, 0.15) is 12.1 Å². The van der Waals surface area contributed by atoms with E-state index >= 15 is 0 Å². The number of amides is 1. The molecule has 7 nitrogen and oxygen atoms in total. The van der Waals surface area contributed by atoms with Gasteiger partial charge in [-0.2, -0.15) is 10.2 Å². The number of benzene rings is 2. The highest BCUT2D eigenvalue weighted by atomic mass is 16.2. The largest absolute Gasteiger partial charge is 0.354 e. The van der Waals surface area contributed by atoms with E-state index in [9.17, 15) is 9.59 Å². The van der Waals surface area contributed by atoms with Gasteiger partial charge in [0.15, 0.2) is 0 Å². The van der Waals surface area contributed by atoms with Crippen molar-refractivity contribution in [2.75, 3.05) is 6.54 Å². The Labute approximate surface area is 174 Å². The fourth-order valence-electron chi connectivity index (χ4n) is 3.50. The first-order valence-corrected chi connectivity index (χ1v) is 9.86. The summed E-state index contributed by atoms with van der Waals surface area (Å²) in [6.07, 6.45) is 2.38. The third-order valence-electron chi connectivity index (χ3n) is 5.08. The molecule has 4 rings (SSSR count). The maximum Gasteiger partial charge on any atom is 0.293 e. The number of hydrogen-bond acceptors (Lipinski definition) is 4. The van der Waals surface area contributed by atoms with Crippen LogP contribution in [0.5, 0.6) is 0 Å². The number of hydrogen-bond donors (Lipinski definition) is 1. The van der Waals surface area contributed by atoms with Gasteiger partial charge in [-0.05, 0) is 37.5 Å². The number of nitrogens with zero attached hydrogens (tertiary/aromatic N) is 4. The van der Waals surface area contributed by atoms with Crippen LogP contribution in [0, 0.1) is 13.8 Å². The first kappa shape index (κ1) is 19.6. The fourth-order valence-corrected chi connectivity index (χ4v) is 3.50. The van der Waals surface area contributed by atoms with Crippen molar-refractivity contribution >= 4 is 16.8 Å². The predicted molar refractivity (Wildman–Crippen MR) is 116 cm³/mol. The Morgan fingerprint density at radius 1 is 1.03 bits per heavy atom. The molecule has 7 heteroatoms. The van der Waals surface area contributed by atoms with Gasteiger partial charge in [0, 0.05) is 11.9 Å². The van der Waals surface area contributed by atoms with E-state index in [4.69, 9.17) is 0 Å². The van der Waals surface area contributed by atoms with E-state index in [1.807, 2.05) is 68.4 Å². The summed E-state index contributed by atoms with van der Waals surface area (Å²) >= 11 is 0. The van der Waals surface area contributed by atoms with Gasteiger partial charge in [0.25, 0.3) is 5.56 Å². The smallest absolute Gasteiger partial charge is 0.293 e. The molecule has 0 saturated heterocycles. The van der Waals surface area contributed by atoms with Gasteiger partial charge in [0.05, 0.1) is 17.6 Å². The van der Waals surface area contributed by atoms with Crippen LogP contribution in [0.15, 0.2) is 65.6 Å². The molecule has 0 radical (unpaired) electrons. The molecule has 0 unspecified atom stereocenters. The Kier molecular flexibility index (Phi) is 5.43. The van der Waals surface area contributed by atoms with Crippen molar-refractivity contribution in [2.45, 2.75) is 26.8 Å². The first-order valence-electron chi connectivity index (χ1n) is 9.86. The second kappa shape index (κ2) is 8.32. The zero-order valence-corrected chi connectivity index (χ0v) is 17.0. The Bertz CT molecular complexity index is 1260. The molecule has 0 bridgehead atoms. The maximum absolute atomic E-state index is 13.1. The average molecular weight is 401 g/mol. The van der Waals surface area contributed by atoms with Crippen LogP contribution in [0.2, 0.25) is 0 Å². The van der Waals surface area contributed by atoms with Gasteiger partial charge in [0.2, 0.25) is 5.91 Å². The molecule has 1 N–H and O–H groups in total. The van der Waals surface area contributed by atoms with Crippen LogP contribution in [-0.2, 0) is 17.8 Å². The summed E-state index contributed by atoms with van der Waals surface area (Å²) in [5.74, 6) is -0.249. The second-order valence-corrected chi connectivity index (χ2v) is 7.24. The topological polar surface area (TPSA) is 81.8 Å². The summed E-state index contributed by atoms with van der Waals surface area (Å²) < 4.78 is 2.84. The van der Waals surface area contributed by atoms with Crippen LogP contribution in [0.3, 0.4) is 0 Å². The molecular weight excluding hydrogens is 378 g/mol. The molecule has 0 spiro atoms. The molecule has 0 aliphatic heterocycles. The molecule has 2 aromatic carbocycles. The summed E-state index contributed by atoms with van der Waals surface area (Å²) in [6, 6.07) is 17.7. The molecule has 1 amide bonds. The van der Waals surface area contributed by atoms with Crippen LogP contribution in [0.25, 0.3) is 16.6 Å². The molecule has 0 aliphatic rings. The SMILES string of the molecule is Cc1ccccc1-n1ncc2c(C)nn(CC(=O)NCCc3ccccc3)c(=O)c21. The third kappa shape index (κ3) is 3.87. The Hall–Kier alpha value is -3.74. The first-order chi connectivity index (χ1) is 14.5. The molecule has 0 saturated carbocycles. The van der Waals surface area contributed by atoms with Crippen LogP contribution in [-0.4, -0.2) is 32.0 Å². The van der Waals surface area contributed by atoms with E-state index < -0.39 is 0 Å². The van der Waals surface area contributed by atoms with Crippen molar-refractivity contribution in [2.24, 2.45) is 0 Å². The minimum Gasteiger partial charge on any atom is -0.354 e. The van der Waals surface area contributed by atoms with Gasteiger partial charge in [-0.1, -0.05) is 48.5 Å². The van der Waals surface area contributed by atoms with E-state index in [1.54, 1.807) is 10.9 Å². The number of carbonyl (C=O) groups is 1. The van der Waals surface area contributed by atoms with Gasteiger partial charge in [-0.15, -0.1) is 0 Å². The standard InChI is InChI=1S/C23H23N5O2/c1-16-8-6-7-11-20(16)28-22-19(14-25-28)17(2)26-27(23(22)30)15-21(29)24-13-12-18-9-4-3-5-10-18/h3-11,14H,12-13,15H2,1-2H3,(H,24,29). The van der Waals surface area contributed by atoms with Crippen molar-refractivity contribution in [3.63, 3.8) is 0 Å². The molecule has 30 heavy (non-hydrogen) atoms. The zero-order chi connectivity index (χ0) is 21.1. The summed E-state index contributed by atoms with van der Waals surface area (Å²) in [7, 11) is 0. The second-order valence-electron chi connectivity index (χ2n) is 7.24. The van der Waals surface area contributed by atoms with Crippen molar-refractivity contribution in [3.05, 3.63) is 88.0 Å². The lowest BCUT2D eigenvalue weighted by molar-refractivity contribution is -0.121. The predicted octanol–water partition coefficient (Wildman–Crippen LogP) is 2.56. The van der Waals surface area contributed by atoms with Crippen molar-refractivity contribution < 1.29 is 4.79 Å². The quantitative estimate of drug-likeness (QED) is 0.538. The van der Waals surface area contributed by atoms with Gasteiger partial charge >= 0.3 is 0 Å². The summed E-state index contributed by atoms with van der Waals surface area (Å²) in [6.45, 7) is 4.15. The summed E-state index contributed by atoms with van der Waals surface area (Å²) in [5.41, 5.74) is 3.72. The highest BCUT2D eigenvalue weighted by Crippen LogP contribution is 2.19. The molecule has 0 fully saturated rings. The zero-order valence-electron chi connectivity index (χ0n) is 17.0. The highest BCUT2D eigenvalue weighted by Gasteiger charge is 2.17. The van der Waals surface area contributed by atoms with E-state index in [0.717, 1.165) is 23.2 Å². The number of aromatic nitrogens is 4. The monoisotopic (exact) mass is 401 g/mol. The summed E-state index contributed by atoms with van der Waals surface area (Å²) in [5, 5.41) is 12.3. The molecular formula is C23H23N5O2. The van der Waals surface area contributed by atoms with Crippen molar-refractivity contribution in [3.8, 4) is 5.69 Å². The number of rotatable bonds is 6. The molecule has 152 valence electrons. The minimum atomic E-state index is -0.338. The Morgan fingerprint density at radius 2 is 1.77 bits per heavy atom. The molecule has 2 heterocycles. The lowest BCUT2D eigenvalue weighted by atomic mass is 10.1. The normalized spacial score (nSPS) is 11.0. The van der Waals surface area contributed by atoms with Gasteiger partial charge < -0.3 is 5.32 Å². The third-order valence-corrected chi connectivity index (χ3v) is 5.08. The molecule has 0 aliphatic carbocycles. The lowest BCUT2D eigenvalue weighted by Gasteiger charge is -2.10. The number of nitrogens with one attached hydrogen (secondary N) is 1. The van der Waals surface area contributed by atoms with E-state index in [0.29, 0.717) is 23.1 Å². The van der Waals surface area contributed by atoms with E-state index in [1.165, 1.54) is 4.68 Å². The van der Waals surface area contributed by atoms with Crippen LogP contribution in [0.1, 0.15) is 16.8 Å². The molecule has 2 aromatic heterocycles. The van der Waals surface area contributed by atoms with Crippen LogP contribution >= 0.6 is 0 Å². The fraction of sp³-hybridized carbons (Fsp3) is 0.217. The van der Waals surface area contributed by atoms with E-state index in [2.05, 4.69) is 15.5 Å². The Balaban J connectivity index is 1.58. The minimum absolute atomic E-state index is 0.136. The molecule has 0 atom stereocenters. The van der Waals surface area contributed by atoms with Crippen LogP contribution < -0.4 is 10.9 Å². The summed E-state index contributed by atoms with van der Waals surface area (Å²) in [4.78, 5) is 25.6. The Morgan fingerprint density at radius 3 is 2.53 bits per heavy atom. The highest BCUT2D eigenvalue weighted by molar-refractivity contribution is 5.82. The molecule has 4 aromatic rings. The van der Waals surface area contributed by atoms with Crippen molar-refractivity contribution in [1.82, 2.24) is 24.9 Å². The lowest BCUT2D eigenvalue weighted by Crippen LogP contribution is -2.35. The number of aryl methyl sites for hydroxylation is 2. The van der Waals surface area contributed by atoms with Crippen molar-refractivity contribution in [1.29, 1.82) is 0 Å². The van der Waals surface area contributed by atoms with Gasteiger partial charge in [-0.3, -0.25) is 9.59 Å². The van der Waals surface area contributed by atoms with E-state index in [-0.39, 0.29) is 18.0 Å².